The molecule has 0 aliphatic carbocycles. The Morgan fingerprint density at radius 3 is 2.44 bits per heavy atom. The first kappa shape index (κ1) is 8.47. The van der Waals surface area contributed by atoms with Crippen LogP contribution < -0.4 is 5.84 Å². The minimum Gasteiger partial charge on any atom is -0.324 e. The highest BCUT2D eigenvalue weighted by atomic mass is 15.1. The van der Waals surface area contributed by atoms with E-state index in [1.807, 2.05) is 0 Å². The summed E-state index contributed by atoms with van der Waals surface area (Å²) in [6, 6.07) is 0. The highest BCUT2D eigenvalue weighted by Crippen LogP contribution is 2.18. The van der Waals surface area contributed by atoms with Gasteiger partial charge >= 0.3 is 0 Å². The molecular weight excluding hydrogens is 112 g/mol. The normalized spacial score (nSPS) is 12.8. The standard InChI is InChI=1S/C7H16N2/c1-4-5-7(2,3)6-9-8/h6H,4-5,8H2,1-3H3/b9-6-. The van der Waals surface area contributed by atoms with Gasteiger partial charge < -0.3 is 5.84 Å². The zero-order valence-corrected chi connectivity index (χ0v) is 6.52. The van der Waals surface area contributed by atoms with Crippen LogP contribution in [0.4, 0.5) is 0 Å². The topological polar surface area (TPSA) is 38.4 Å². The summed E-state index contributed by atoms with van der Waals surface area (Å²) >= 11 is 0. The Balaban J connectivity index is 3.70. The van der Waals surface area contributed by atoms with E-state index in [2.05, 4.69) is 25.9 Å². The van der Waals surface area contributed by atoms with Gasteiger partial charge in [0, 0.05) is 11.6 Å². The first-order valence-corrected chi connectivity index (χ1v) is 3.37. The van der Waals surface area contributed by atoms with Gasteiger partial charge in [-0.15, -0.1) is 0 Å². The third-order valence-electron chi connectivity index (χ3n) is 1.32. The second-order valence-corrected chi connectivity index (χ2v) is 3.02. The number of nitrogens with two attached hydrogens (primary N) is 1. The Kier molecular flexibility index (Phi) is 3.28. The van der Waals surface area contributed by atoms with Crippen molar-refractivity contribution < 1.29 is 0 Å². The predicted molar refractivity (Wildman–Crippen MR) is 41.4 cm³/mol. The second-order valence-electron chi connectivity index (χ2n) is 3.02. The largest absolute Gasteiger partial charge is 0.324 e. The van der Waals surface area contributed by atoms with Crippen molar-refractivity contribution >= 4 is 6.21 Å². The average Bonchev–Trinajstić information content (AvgIpc) is 1.64. The lowest BCUT2D eigenvalue weighted by Crippen LogP contribution is -2.13. The number of rotatable bonds is 3. The lowest BCUT2D eigenvalue weighted by molar-refractivity contribution is 0.479. The van der Waals surface area contributed by atoms with Crippen molar-refractivity contribution in [2.75, 3.05) is 0 Å². The van der Waals surface area contributed by atoms with Crippen LogP contribution in [-0.4, -0.2) is 6.21 Å². The van der Waals surface area contributed by atoms with Gasteiger partial charge in [-0.3, -0.25) is 0 Å². The molecule has 0 fully saturated rings. The second kappa shape index (κ2) is 3.49. The maximum absolute atomic E-state index is 5.01. The van der Waals surface area contributed by atoms with Crippen LogP contribution in [0.15, 0.2) is 5.10 Å². The van der Waals surface area contributed by atoms with E-state index < -0.39 is 0 Å². The van der Waals surface area contributed by atoms with Crippen molar-refractivity contribution in [3.63, 3.8) is 0 Å². The first-order valence-electron chi connectivity index (χ1n) is 3.37. The fraction of sp³-hybridized carbons (Fsp3) is 0.857. The Morgan fingerprint density at radius 1 is 1.56 bits per heavy atom. The number of hydrazone groups is 1. The summed E-state index contributed by atoms with van der Waals surface area (Å²) in [5, 5.41) is 3.50. The molecular formula is C7H16N2. The summed E-state index contributed by atoms with van der Waals surface area (Å²) in [4.78, 5) is 0. The van der Waals surface area contributed by atoms with E-state index in [0.717, 1.165) is 6.42 Å². The van der Waals surface area contributed by atoms with Gasteiger partial charge in [-0.2, -0.15) is 5.10 Å². The highest BCUT2D eigenvalue weighted by molar-refractivity contribution is 5.63. The molecule has 54 valence electrons. The zero-order valence-electron chi connectivity index (χ0n) is 6.52. The molecule has 0 saturated carbocycles. The summed E-state index contributed by atoms with van der Waals surface area (Å²) in [5.74, 6) is 5.01. The summed E-state index contributed by atoms with van der Waals surface area (Å²) < 4.78 is 0. The van der Waals surface area contributed by atoms with Gasteiger partial charge in [0.15, 0.2) is 0 Å². The van der Waals surface area contributed by atoms with Crippen molar-refractivity contribution in [1.82, 2.24) is 0 Å². The van der Waals surface area contributed by atoms with Crippen LogP contribution in [-0.2, 0) is 0 Å². The fourth-order valence-corrected chi connectivity index (χ4v) is 0.911. The number of hydrogen-bond acceptors (Lipinski definition) is 2. The van der Waals surface area contributed by atoms with E-state index in [1.54, 1.807) is 6.21 Å². The Bertz CT molecular complexity index is 95.1. The minimum atomic E-state index is 0.184. The molecule has 9 heavy (non-hydrogen) atoms. The molecule has 0 atom stereocenters. The zero-order chi connectivity index (χ0) is 7.33. The molecule has 0 aromatic heterocycles. The van der Waals surface area contributed by atoms with Gasteiger partial charge in [-0.25, -0.2) is 0 Å². The summed E-state index contributed by atoms with van der Waals surface area (Å²) in [7, 11) is 0. The monoisotopic (exact) mass is 128 g/mol. The molecule has 0 rings (SSSR count). The van der Waals surface area contributed by atoms with Crippen LogP contribution in [0.2, 0.25) is 0 Å². The third-order valence-corrected chi connectivity index (χ3v) is 1.32. The van der Waals surface area contributed by atoms with Crippen LogP contribution in [0.5, 0.6) is 0 Å². The van der Waals surface area contributed by atoms with E-state index >= 15 is 0 Å². The SMILES string of the molecule is CCCC(C)(C)/C=N\N. The van der Waals surface area contributed by atoms with Crippen molar-refractivity contribution in [2.45, 2.75) is 33.6 Å². The van der Waals surface area contributed by atoms with Crippen molar-refractivity contribution in [2.24, 2.45) is 16.4 Å². The molecule has 0 spiro atoms. The van der Waals surface area contributed by atoms with Crippen LogP contribution in [0, 0.1) is 5.41 Å². The van der Waals surface area contributed by atoms with E-state index in [9.17, 15) is 0 Å². The Labute approximate surface area is 57.1 Å². The predicted octanol–water partition coefficient (Wildman–Crippen LogP) is 1.76. The van der Waals surface area contributed by atoms with E-state index in [1.165, 1.54) is 6.42 Å². The van der Waals surface area contributed by atoms with Crippen molar-refractivity contribution in [3.05, 3.63) is 0 Å². The van der Waals surface area contributed by atoms with Crippen LogP contribution in [0.25, 0.3) is 0 Å². The third kappa shape index (κ3) is 4.01. The minimum absolute atomic E-state index is 0.184. The quantitative estimate of drug-likeness (QED) is 0.351. The van der Waals surface area contributed by atoms with Gasteiger partial charge in [0.2, 0.25) is 0 Å². The molecule has 0 aliphatic heterocycles. The molecule has 0 aromatic rings. The maximum Gasteiger partial charge on any atom is 0.0296 e. The Hall–Kier alpha value is -0.530. The summed E-state index contributed by atoms with van der Waals surface area (Å²) in [5.41, 5.74) is 0.184. The number of nitrogens with zero attached hydrogens (tertiary/aromatic N) is 1. The van der Waals surface area contributed by atoms with Gasteiger partial charge in [-0.1, -0.05) is 27.2 Å². The molecule has 0 aliphatic rings. The molecule has 0 heterocycles. The number of hydrogen-bond donors (Lipinski definition) is 1. The average molecular weight is 128 g/mol. The van der Waals surface area contributed by atoms with Crippen LogP contribution in [0.3, 0.4) is 0 Å². The van der Waals surface area contributed by atoms with Crippen molar-refractivity contribution in [1.29, 1.82) is 0 Å². The molecule has 0 saturated heterocycles. The molecule has 0 radical (unpaired) electrons. The smallest absolute Gasteiger partial charge is 0.0296 e. The van der Waals surface area contributed by atoms with Gasteiger partial charge in [0.1, 0.15) is 0 Å². The highest BCUT2D eigenvalue weighted by Gasteiger charge is 2.12. The molecule has 2 heteroatoms. The molecule has 2 N–H and O–H groups in total. The van der Waals surface area contributed by atoms with Crippen LogP contribution >= 0.6 is 0 Å². The molecule has 0 bridgehead atoms. The molecule has 0 unspecified atom stereocenters. The van der Waals surface area contributed by atoms with E-state index in [4.69, 9.17) is 5.84 Å². The maximum atomic E-state index is 5.01. The van der Waals surface area contributed by atoms with E-state index in [-0.39, 0.29) is 5.41 Å². The molecule has 0 aromatic carbocycles. The van der Waals surface area contributed by atoms with Crippen LogP contribution in [0.1, 0.15) is 33.6 Å². The molecule has 0 amide bonds. The first-order chi connectivity index (χ1) is 4.12. The molecule has 2 nitrogen and oxygen atoms in total. The fourth-order valence-electron chi connectivity index (χ4n) is 0.911. The van der Waals surface area contributed by atoms with Gasteiger partial charge in [0.25, 0.3) is 0 Å². The Morgan fingerprint density at radius 2 is 2.11 bits per heavy atom. The lowest BCUT2D eigenvalue weighted by Gasteiger charge is -2.16. The lowest BCUT2D eigenvalue weighted by atomic mass is 9.90. The summed E-state index contributed by atoms with van der Waals surface area (Å²) in [6.45, 7) is 6.42. The van der Waals surface area contributed by atoms with Crippen molar-refractivity contribution in [3.8, 4) is 0 Å². The van der Waals surface area contributed by atoms with Gasteiger partial charge in [0.05, 0.1) is 0 Å². The van der Waals surface area contributed by atoms with Gasteiger partial charge in [-0.05, 0) is 6.42 Å². The summed E-state index contributed by atoms with van der Waals surface area (Å²) in [6.07, 6.45) is 4.13. The van der Waals surface area contributed by atoms with E-state index in [0.29, 0.717) is 0 Å².